The van der Waals surface area contributed by atoms with Gasteiger partial charge in [-0.2, -0.15) is 0 Å². The zero-order chi connectivity index (χ0) is 17.0. The number of aliphatic hydroxyl groups excluding tert-OH is 1. The van der Waals surface area contributed by atoms with Crippen LogP contribution in [0.2, 0.25) is 0 Å². The van der Waals surface area contributed by atoms with Crippen molar-refractivity contribution >= 4 is 0 Å². The van der Waals surface area contributed by atoms with Crippen molar-refractivity contribution < 1.29 is 5.11 Å². The summed E-state index contributed by atoms with van der Waals surface area (Å²) in [5.41, 5.74) is 10.5. The molecule has 1 fully saturated rings. The topological polar surface area (TPSA) is 46.2 Å². The summed E-state index contributed by atoms with van der Waals surface area (Å²) in [6.07, 6.45) is 13.9. The molecule has 1 aromatic rings. The van der Waals surface area contributed by atoms with Crippen LogP contribution in [0.4, 0.5) is 0 Å². The Morgan fingerprint density at radius 1 is 1.17 bits per heavy atom. The number of unbranched alkanes of at least 4 members (excludes halogenated alkanes) is 3. The predicted octanol–water partition coefficient (Wildman–Crippen LogP) is 4.72. The van der Waals surface area contributed by atoms with Gasteiger partial charge in [0, 0.05) is 5.54 Å². The summed E-state index contributed by atoms with van der Waals surface area (Å²) in [6.45, 7) is 2.40. The molecule has 2 aliphatic carbocycles. The summed E-state index contributed by atoms with van der Waals surface area (Å²) in [5.74, 6) is 1.44. The fourth-order valence-corrected chi connectivity index (χ4v) is 4.80. The van der Waals surface area contributed by atoms with Crippen molar-refractivity contribution in [3.63, 3.8) is 0 Å². The molecule has 3 rings (SSSR count). The van der Waals surface area contributed by atoms with Crippen LogP contribution in [0.1, 0.15) is 87.3 Å². The lowest BCUT2D eigenvalue weighted by Crippen LogP contribution is -2.40. The van der Waals surface area contributed by atoms with Gasteiger partial charge >= 0.3 is 0 Å². The third kappa shape index (κ3) is 4.21. The number of hydrogen-bond donors (Lipinski definition) is 2. The van der Waals surface area contributed by atoms with E-state index in [1.807, 2.05) is 0 Å². The summed E-state index contributed by atoms with van der Waals surface area (Å²) >= 11 is 0. The minimum atomic E-state index is -0.343. The Balaban J connectivity index is 1.58. The van der Waals surface area contributed by atoms with E-state index in [1.54, 1.807) is 11.1 Å². The molecule has 3 N–H and O–H groups in total. The number of fused-ring (bicyclic) bond motifs is 1. The Bertz CT molecular complexity index is 541. The molecular weight excluding hydrogens is 294 g/mol. The van der Waals surface area contributed by atoms with E-state index in [2.05, 4.69) is 25.1 Å². The lowest BCUT2D eigenvalue weighted by molar-refractivity contribution is 0.198. The van der Waals surface area contributed by atoms with Gasteiger partial charge in [-0.05, 0) is 67.1 Å². The van der Waals surface area contributed by atoms with Gasteiger partial charge in [0.25, 0.3) is 0 Å². The van der Waals surface area contributed by atoms with Gasteiger partial charge < -0.3 is 10.8 Å². The number of rotatable bonds is 7. The van der Waals surface area contributed by atoms with Crippen LogP contribution in [0.5, 0.6) is 0 Å². The van der Waals surface area contributed by atoms with E-state index in [4.69, 9.17) is 5.73 Å². The Kier molecular flexibility index (Phi) is 5.99. The quantitative estimate of drug-likeness (QED) is 0.711. The van der Waals surface area contributed by atoms with Crippen LogP contribution in [0.25, 0.3) is 0 Å². The van der Waals surface area contributed by atoms with E-state index in [1.165, 1.54) is 56.9 Å². The molecule has 0 spiro atoms. The molecule has 1 aromatic carbocycles. The van der Waals surface area contributed by atoms with Gasteiger partial charge in [0.1, 0.15) is 0 Å². The molecule has 0 radical (unpaired) electrons. The van der Waals surface area contributed by atoms with Crippen LogP contribution in [-0.2, 0) is 12.8 Å². The maximum atomic E-state index is 9.49. The van der Waals surface area contributed by atoms with Gasteiger partial charge in [-0.15, -0.1) is 0 Å². The first-order chi connectivity index (χ1) is 11.6. The molecule has 0 saturated heterocycles. The number of aliphatic hydroxyl groups is 1. The predicted molar refractivity (Wildman–Crippen MR) is 101 cm³/mol. The van der Waals surface area contributed by atoms with Crippen molar-refractivity contribution in [2.45, 2.75) is 89.0 Å². The normalized spacial score (nSPS) is 29.6. The van der Waals surface area contributed by atoms with Gasteiger partial charge in [0.05, 0.1) is 6.61 Å². The average molecular weight is 330 g/mol. The molecule has 2 nitrogen and oxygen atoms in total. The second-order valence-corrected chi connectivity index (χ2v) is 8.45. The second-order valence-electron chi connectivity index (χ2n) is 8.45. The third-order valence-corrected chi connectivity index (χ3v) is 6.46. The summed E-state index contributed by atoms with van der Waals surface area (Å²) in [6, 6.07) is 7.18. The standard InChI is InChI=1S/C22H35NO/c1-2-3-4-5-6-17-7-8-19-14-20(10-9-18(19)13-17)21-11-12-22(23,15-21)16-24/h9-10,14,17,21,24H,2-8,11-13,15-16,23H2,1H3/t17?,21-,22-/m0/s1. The van der Waals surface area contributed by atoms with Crippen molar-refractivity contribution in [1.82, 2.24) is 0 Å². The van der Waals surface area contributed by atoms with Crippen LogP contribution < -0.4 is 5.73 Å². The molecule has 2 aliphatic rings. The van der Waals surface area contributed by atoms with E-state index in [9.17, 15) is 5.11 Å². The molecule has 1 saturated carbocycles. The van der Waals surface area contributed by atoms with Crippen molar-refractivity contribution in [2.75, 3.05) is 6.61 Å². The smallest absolute Gasteiger partial charge is 0.0611 e. The molecule has 0 amide bonds. The van der Waals surface area contributed by atoms with Crippen LogP contribution in [0.15, 0.2) is 18.2 Å². The molecule has 24 heavy (non-hydrogen) atoms. The molecule has 0 heterocycles. The summed E-state index contributed by atoms with van der Waals surface area (Å²) < 4.78 is 0. The van der Waals surface area contributed by atoms with E-state index >= 15 is 0 Å². The van der Waals surface area contributed by atoms with Gasteiger partial charge in [0.15, 0.2) is 0 Å². The molecule has 0 bridgehead atoms. The van der Waals surface area contributed by atoms with Crippen LogP contribution in [0.3, 0.4) is 0 Å². The maximum absolute atomic E-state index is 9.49. The molecule has 1 unspecified atom stereocenters. The first-order valence-corrected chi connectivity index (χ1v) is 10.1. The van der Waals surface area contributed by atoms with E-state index in [0.717, 1.165) is 25.2 Å². The van der Waals surface area contributed by atoms with Crippen molar-refractivity contribution in [3.05, 3.63) is 34.9 Å². The molecule has 3 atom stereocenters. The second kappa shape index (κ2) is 8.01. The summed E-state index contributed by atoms with van der Waals surface area (Å²) in [7, 11) is 0. The van der Waals surface area contributed by atoms with Crippen molar-refractivity contribution in [2.24, 2.45) is 11.7 Å². The Labute approximate surface area is 147 Å². The van der Waals surface area contributed by atoms with Crippen LogP contribution in [0, 0.1) is 5.92 Å². The highest BCUT2D eigenvalue weighted by Crippen LogP contribution is 2.40. The fraction of sp³-hybridized carbons (Fsp3) is 0.727. The first-order valence-electron chi connectivity index (χ1n) is 10.1. The number of nitrogens with two attached hydrogens (primary N) is 1. The highest BCUT2D eigenvalue weighted by molar-refractivity contribution is 5.36. The Morgan fingerprint density at radius 3 is 2.79 bits per heavy atom. The van der Waals surface area contributed by atoms with Gasteiger partial charge in [-0.3, -0.25) is 0 Å². The molecular formula is C22H35NO. The van der Waals surface area contributed by atoms with E-state index < -0.39 is 0 Å². The SMILES string of the molecule is CCCCCCC1CCc2cc([C@H]3CC[C@@](N)(CO)C3)ccc2C1. The monoisotopic (exact) mass is 329 g/mol. The first kappa shape index (κ1) is 17.9. The van der Waals surface area contributed by atoms with Crippen LogP contribution >= 0.6 is 0 Å². The van der Waals surface area contributed by atoms with Gasteiger partial charge in [-0.25, -0.2) is 0 Å². The summed E-state index contributed by atoms with van der Waals surface area (Å²) in [5, 5.41) is 9.49. The van der Waals surface area contributed by atoms with Gasteiger partial charge in [0.2, 0.25) is 0 Å². The Morgan fingerprint density at radius 2 is 2.04 bits per heavy atom. The van der Waals surface area contributed by atoms with Crippen molar-refractivity contribution in [1.29, 1.82) is 0 Å². The number of aryl methyl sites for hydroxylation is 1. The minimum Gasteiger partial charge on any atom is -0.394 e. The molecule has 134 valence electrons. The number of hydrogen-bond acceptors (Lipinski definition) is 2. The zero-order valence-electron chi connectivity index (χ0n) is 15.4. The fourth-order valence-electron chi connectivity index (χ4n) is 4.80. The molecule has 0 aromatic heterocycles. The van der Waals surface area contributed by atoms with Crippen LogP contribution in [-0.4, -0.2) is 17.3 Å². The van der Waals surface area contributed by atoms with Gasteiger partial charge in [-0.1, -0.05) is 57.2 Å². The van der Waals surface area contributed by atoms with Crippen molar-refractivity contribution in [3.8, 4) is 0 Å². The highest BCUT2D eigenvalue weighted by Gasteiger charge is 2.36. The largest absolute Gasteiger partial charge is 0.394 e. The van der Waals surface area contributed by atoms with E-state index in [0.29, 0.717) is 5.92 Å². The third-order valence-electron chi connectivity index (χ3n) is 6.46. The maximum Gasteiger partial charge on any atom is 0.0611 e. The lowest BCUT2D eigenvalue weighted by atomic mass is 9.79. The molecule has 2 heteroatoms. The minimum absolute atomic E-state index is 0.119. The number of benzene rings is 1. The molecule has 0 aliphatic heterocycles. The zero-order valence-corrected chi connectivity index (χ0v) is 15.4. The average Bonchev–Trinajstić information content (AvgIpc) is 3.01. The van der Waals surface area contributed by atoms with E-state index in [-0.39, 0.29) is 12.1 Å². The highest BCUT2D eigenvalue weighted by atomic mass is 16.3. The summed E-state index contributed by atoms with van der Waals surface area (Å²) in [4.78, 5) is 0. The Hall–Kier alpha value is -0.860. The lowest BCUT2D eigenvalue weighted by Gasteiger charge is -2.26.